The summed E-state index contributed by atoms with van der Waals surface area (Å²) in [6, 6.07) is 15.8. The number of pyridine rings is 2. The summed E-state index contributed by atoms with van der Waals surface area (Å²) in [7, 11) is 1.62. The van der Waals surface area contributed by atoms with E-state index in [0.717, 1.165) is 30.3 Å². The number of carbonyl (C=O) groups excluding carboxylic acids is 3. The Hall–Kier alpha value is -5.42. The highest BCUT2D eigenvalue weighted by Crippen LogP contribution is 2.53. The Labute approximate surface area is 282 Å². The molecular weight excluding hydrogens is 625 g/mol. The molecule has 250 valence electrons. The Kier molecular flexibility index (Phi) is 8.45. The Morgan fingerprint density at radius 3 is 2.55 bits per heavy atom. The number of nitrogens with one attached hydrogen (secondary N) is 1. The maximum absolute atomic E-state index is 14.7. The number of halogens is 1. The standard InChI is InChI=1S/C38H36FN5O5/c1-3-33(39)38(12-13-38)27-8-9-29-24(19-27)11-14-44(36(29)47)32-6-4-5-28(30(32)23-45)26-20-31(37(48)42(2)22-26)41-34-10-7-25(21-40-34)35(46)43-15-17-49-18-16-43/h3-10,19-23,33H,1,11-18H2,2H3,(H,40,41). The molecule has 2 aromatic heterocycles. The highest BCUT2D eigenvalue weighted by Gasteiger charge is 2.50. The van der Waals surface area contributed by atoms with Gasteiger partial charge in [-0.1, -0.05) is 30.3 Å². The molecule has 11 heteroatoms. The van der Waals surface area contributed by atoms with Crippen molar-refractivity contribution in [2.24, 2.45) is 7.05 Å². The molecule has 7 rings (SSSR count). The molecule has 1 saturated heterocycles. The largest absolute Gasteiger partial charge is 0.378 e. The third-order valence-corrected chi connectivity index (χ3v) is 9.84. The molecule has 49 heavy (non-hydrogen) atoms. The first-order valence-electron chi connectivity index (χ1n) is 16.4. The van der Waals surface area contributed by atoms with Crippen molar-refractivity contribution in [2.75, 3.05) is 43.1 Å². The van der Waals surface area contributed by atoms with Crippen LogP contribution < -0.4 is 15.8 Å². The number of carbonyl (C=O) groups is 3. The van der Waals surface area contributed by atoms with Crippen molar-refractivity contribution in [2.45, 2.75) is 30.8 Å². The highest BCUT2D eigenvalue weighted by molar-refractivity contribution is 6.11. The lowest BCUT2D eigenvalue weighted by Gasteiger charge is -2.31. The van der Waals surface area contributed by atoms with Crippen LogP contribution in [0.15, 0.2) is 84.4 Å². The van der Waals surface area contributed by atoms with Gasteiger partial charge in [0, 0.05) is 61.2 Å². The number of hydrogen-bond acceptors (Lipinski definition) is 7. The number of morpholine rings is 1. The van der Waals surface area contributed by atoms with E-state index >= 15 is 0 Å². The smallest absolute Gasteiger partial charge is 0.274 e. The fourth-order valence-electron chi connectivity index (χ4n) is 6.91. The SMILES string of the molecule is C=CC(F)C1(c2ccc3c(c2)CCN(c2cccc(-c4cc(Nc5ccc(C(=O)N6CCOCC6)cn5)c(=O)n(C)c4)c2C=O)C3=O)CC1. The van der Waals surface area contributed by atoms with E-state index in [1.165, 1.54) is 16.8 Å². The van der Waals surface area contributed by atoms with Gasteiger partial charge < -0.3 is 24.4 Å². The van der Waals surface area contributed by atoms with Crippen LogP contribution in [0.1, 0.15) is 55.0 Å². The van der Waals surface area contributed by atoms with Gasteiger partial charge in [-0.3, -0.25) is 19.2 Å². The van der Waals surface area contributed by atoms with Gasteiger partial charge in [-0.2, -0.15) is 0 Å². The number of fused-ring (bicyclic) bond motifs is 1. The van der Waals surface area contributed by atoms with Crippen LogP contribution in [0, 0.1) is 0 Å². The van der Waals surface area contributed by atoms with Crippen molar-refractivity contribution in [3.05, 3.63) is 118 Å². The van der Waals surface area contributed by atoms with Gasteiger partial charge >= 0.3 is 0 Å². The van der Waals surface area contributed by atoms with E-state index in [0.29, 0.717) is 78.6 Å². The second-order valence-corrected chi connectivity index (χ2v) is 12.7. The number of aromatic nitrogens is 2. The van der Waals surface area contributed by atoms with E-state index in [1.54, 1.807) is 65.5 Å². The van der Waals surface area contributed by atoms with Crippen LogP contribution in [-0.4, -0.2) is 71.6 Å². The second kappa shape index (κ2) is 12.9. The van der Waals surface area contributed by atoms with Gasteiger partial charge in [0.05, 0.1) is 24.5 Å². The molecule has 10 nitrogen and oxygen atoms in total. The van der Waals surface area contributed by atoms with Crippen LogP contribution in [0.2, 0.25) is 0 Å². The molecule has 0 radical (unpaired) electrons. The van der Waals surface area contributed by atoms with Gasteiger partial charge in [-0.15, -0.1) is 6.58 Å². The zero-order valence-corrected chi connectivity index (χ0v) is 27.2. The van der Waals surface area contributed by atoms with Gasteiger partial charge in [0.2, 0.25) is 0 Å². The zero-order chi connectivity index (χ0) is 34.3. The number of aryl methyl sites for hydroxylation is 1. The summed E-state index contributed by atoms with van der Waals surface area (Å²) in [5, 5.41) is 3.06. The normalized spacial score (nSPS) is 17.2. The number of amides is 2. The Morgan fingerprint density at radius 2 is 1.86 bits per heavy atom. The van der Waals surface area contributed by atoms with Crippen molar-refractivity contribution >= 4 is 35.3 Å². The number of rotatable bonds is 9. The van der Waals surface area contributed by atoms with Crippen LogP contribution in [0.3, 0.4) is 0 Å². The number of aldehydes is 1. The molecule has 1 N–H and O–H groups in total. The minimum Gasteiger partial charge on any atom is -0.378 e. The predicted molar refractivity (Wildman–Crippen MR) is 185 cm³/mol. The fraction of sp³-hybridized carbons (Fsp3) is 0.289. The molecule has 3 aliphatic rings. The first-order valence-corrected chi connectivity index (χ1v) is 16.4. The van der Waals surface area contributed by atoms with Crippen LogP contribution in [-0.2, 0) is 23.6 Å². The Bertz CT molecular complexity index is 2030. The van der Waals surface area contributed by atoms with Crippen LogP contribution >= 0.6 is 0 Å². The lowest BCUT2D eigenvalue weighted by molar-refractivity contribution is 0.0302. The summed E-state index contributed by atoms with van der Waals surface area (Å²) in [6.07, 6.45) is 6.10. The molecule has 1 atom stereocenters. The van der Waals surface area contributed by atoms with E-state index in [2.05, 4.69) is 16.9 Å². The molecule has 4 aromatic rings. The lowest BCUT2D eigenvalue weighted by atomic mass is 9.86. The third-order valence-electron chi connectivity index (χ3n) is 9.84. The van der Waals surface area contributed by atoms with E-state index < -0.39 is 11.6 Å². The van der Waals surface area contributed by atoms with Gasteiger partial charge in [-0.25, -0.2) is 9.37 Å². The minimum absolute atomic E-state index is 0.132. The minimum atomic E-state index is -1.14. The summed E-state index contributed by atoms with van der Waals surface area (Å²) in [6.45, 7) is 6.01. The summed E-state index contributed by atoms with van der Waals surface area (Å²) >= 11 is 0. The van der Waals surface area contributed by atoms with E-state index in [1.807, 2.05) is 12.1 Å². The van der Waals surface area contributed by atoms with Gasteiger partial charge in [0.25, 0.3) is 17.4 Å². The molecule has 2 aliphatic heterocycles. The number of nitrogens with zero attached hydrogens (tertiary/aromatic N) is 4. The van der Waals surface area contributed by atoms with Gasteiger partial charge in [0.15, 0.2) is 6.29 Å². The van der Waals surface area contributed by atoms with Gasteiger partial charge in [-0.05, 0) is 66.3 Å². The monoisotopic (exact) mass is 661 g/mol. The number of benzene rings is 2. The summed E-state index contributed by atoms with van der Waals surface area (Å²) in [5.74, 6) is 0.00642. The second-order valence-electron chi connectivity index (χ2n) is 12.7. The summed E-state index contributed by atoms with van der Waals surface area (Å²) in [5.41, 5.74) is 3.99. The average Bonchev–Trinajstić information content (AvgIpc) is 3.95. The van der Waals surface area contributed by atoms with E-state index in [-0.39, 0.29) is 23.1 Å². The zero-order valence-electron chi connectivity index (χ0n) is 27.2. The quantitative estimate of drug-likeness (QED) is 0.193. The summed E-state index contributed by atoms with van der Waals surface area (Å²) in [4.78, 5) is 60.2. The molecule has 1 unspecified atom stereocenters. The van der Waals surface area contributed by atoms with Crippen LogP contribution in [0.5, 0.6) is 0 Å². The molecule has 4 heterocycles. The number of ether oxygens (including phenoxy) is 1. The number of allylic oxidation sites excluding steroid dienone is 1. The topological polar surface area (TPSA) is 114 Å². The molecular formula is C38H36FN5O5. The molecule has 2 fully saturated rings. The van der Waals surface area contributed by atoms with Crippen molar-refractivity contribution in [3.63, 3.8) is 0 Å². The number of anilines is 3. The highest BCUT2D eigenvalue weighted by atomic mass is 19.1. The number of alkyl halides is 1. The molecule has 1 aliphatic carbocycles. The van der Waals surface area contributed by atoms with Crippen molar-refractivity contribution in [3.8, 4) is 11.1 Å². The lowest BCUT2D eigenvalue weighted by Crippen LogP contribution is -2.40. The maximum atomic E-state index is 14.7. The molecule has 2 aromatic carbocycles. The first kappa shape index (κ1) is 32.1. The van der Waals surface area contributed by atoms with Crippen molar-refractivity contribution in [1.82, 2.24) is 14.5 Å². The Balaban J connectivity index is 1.15. The maximum Gasteiger partial charge on any atom is 0.274 e. The molecule has 0 bridgehead atoms. The first-order chi connectivity index (χ1) is 23.7. The molecule has 0 spiro atoms. The average molecular weight is 662 g/mol. The molecule has 1 saturated carbocycles. The predicted octanol–water partition coefficient (Wildman–Crippen LogP) is 5.23. The summed E-state index contributed by atoms with van der Waals surface area (Å²) < 4.78 is 21.5. The van der Waals surface area contributed by atoms with E-state index in [4.69, 9.17) is 4.74 Å². The number of hydrogen-bond donors (Lipinski definition) is 1. The van der Waals surface area contributed by atoms with Crippen LogP contribution in [0.4, 0.5) is 21.6 Å². The fourth-order valence-corrected chi connectivity index (χ4v) is 6.91. The Morgan fingerprint density at radius 1 is 1.06 bits per heavy atom. The van der Waals surface area contributed by atoms with Crippen molar-refractivity contribution in [1.29, 1.82) is 0 Å². The van der Waals surface area contributed by atoms with Crippen LogP contribution in [0.25, 0.3) is 11.1 Å². The molecule has 2 amide bonds. The van der Waals surface area contributed by atoms with Crippen molar-refractivity contribution < 1.29 is 23.5 Å². The third kappa shape index (κ3) is 5.84. The van der Waals surface area contributed by atoms with E-state index in [9.17, 15) is 23.6 Å². The van der Waals surface area contributed by atoms with Gasteiger partial charge in [0.1, 0.15) is 17.7 Å².